The molecule has 14 heteroatoms. The van der Waals surface area contributed by atoms with Gasteiger partial charge >= 0.3 is 12.1 Å². The second-order valence-corrected chi connectivity index (χ2v) is 12.4. The van der Waals surface area contributed by atoms with Gasteiger partial charge in [-0.3, -0.25) is 14.4 Å². The molecule has 2 aliphatic carbocycles. The molecule has 3 fully saturated rings. The lowest BCUT2D eigenvalue weighted by Crippen LogP contribution is -2.60. The first-order chi connectivity index (χ1) is 19.7. The van der Waals surface area contributed by atoms with Gasteiger partial charge in [-0.25, -0.2) is 8.91 Å². The molecule has 2 saturated carbocycles. The van der Waals surface area contributed by atoms with E-state index in [-0.39, 0.29) is 18.4 Å². The van der Waals surface area contributed by atoms with E-state index >= 15 is 0 Å². The molecular weight excluding hydrogens is 560 g/mol. The van der Waals surface area contributed by atoms with Gasteiger partial charge in [0.15, 0.2) is 0 Å². The number of nitriles is 1. The summed E-state index contributed by atoms with van der Waals surface area (Å²) in [7, 11) is 1.44. The Labute approximate surface area is 239 Å². The van der Waals surface area contributed by atoms with Gasteiger partial charge in [0.05, 0.1) is 19.4 Å². The van der Waals surface area contributed by atoms with Crippen molar-refractivity contribution in [2.45, 2.75) is 64.1 Å². The molecule has 2 aromatic heterocycles. The van der Waals surface area contributed by atoms with E-state index in [1.807, 2.05) is 11.4 Å². The van der Waals surface area contributed by atoms with E-state index in [4.69, 9.17) is 4.74 Å². The Morgan fingerprint density at radius 1 is 1.17 bits per heavy atom. The number of alkyl halides is 4. The third-order valence-corrected chi connectivity index (χ3v) is 8.95. The maximum atomic E-state index is 15.0. The number of hydrogen-bond donors (Lipinski definition) is 2. The zero-order valence-corrected chi connectivity index (χ0v) is 23.5. The van der Waals surface area contributed by atoms with Crippen molar-refractivity contribution in [3.63, 3.8) is 0 Å². The van der Waals surface area contributed by atoms with Crippen LogP contribution in [0.2, 0.25) is 0 Å². The molecule has 3 aliphatic rings. The van der Waals surface area contributed by atoms with Crippen LogP contribution in [0.4, 0.5) is 17.6 Å². The predicted molar refractivity (Wildman–Crippen MR) is 139 cm³/mol. The molecule has 2 unspecified atom stereocenters. The number of hydrogen-bond acceptors (Lipinski definition) is 6. The Kier molecular flexibility index (Phi) is 7.35. The average molecular weight is 593 g/mol. The second-order valence-electron chi connectivity index (χ2n) is 12.4. The van der Waals surface area contributed by atoms with Crippen LogP contribution in [0.1, 0.15) is 45.2 Å². The van der Waals surface area contributed by atoms with Gasteiger partial charge in [-0.15, -0.1) is 0 Å². The summed E-state index contributed by atoms with van der Waals surface area (Å²) in [6.07, 6.45) is -2.53. The normalized spacial score (nSPS) is 28.2. The van der Waals surface area contributed by atoms with Crippen molar-refractivity contribution < 1.29 is 36.7 Å². The van der Waals surface area contributed by atoms with E-state index in [1.54, 1.807) is 18.3 Å². The molecule has 1 aliphatic heterocycles. The van der Waals surface area contributed by atoms with E-state index in [1.165, 1.54) is 43.5 Å². The summed E-state index contributed by atoms with van der Waals surface area (Å²) in [4.78, 5) is 41.0. The fraction of sp³-hybridized carbons (Fsp3) is 0.607. The Morgan fingerprint density at radius 2 is 1.88 bits per heavy atom. The smallest absolute Gasteiger partial charge is 0.471 e. The van der Waals surface area contributed by atoms with E-state index in [2.05, 4.69) is 10.4 Å². The van der Waals surface area contributed by atoms with Crippen LogP contribution < -0.4 is 15.4 Å². The fourth-order valence-electron chi connectivity index (χ4n) is 7.11. The molecule has 0 spiro atoms. The highest BCUT2D eigenvalue weighted by Crippen LogP contribution is 2.58. The Hall–Kier alpha value is -3.89. The molecule has 2 aromatic rings. The summed E-state index contributed by atoms with van der Waals surface area (Å²) < 4.78 is 61.4. The molecule has 5 rings (SSSR count). The lowest BCUT2D eigenvalue weighted by atomic mass is 9.77. The van der Waals surface area contributed by atoms with E-state index in [0.29, 0.717) is 29.7 Å². The number of amides is 3. The highest BCUT2D eigenvalue weighted by molar-refractivity contribution is 5.94. The predicted octanol–water partition coefficient (Wildman–Crippen LogP) is 2.94. The monoisotopic (exact) mass is 592 g/mol. The summed E-state index contributed by atoms with van der Waals surface area (Å²) in [6, 6.07) is 1.30. The number of carbonyl (C=O) groups excluding carboxylic acids is 3. The first-order valence-corrected chi connectivity index (χ1v) is 13.7. The molecule has 10 nitrogen and oxygen atoms in total. The van der Waals surface area contributed by atoms with Crippen LogP contribution in [-0.4, -0.2) is 70.3 Å². The molecule has 42 heavy (non-hydrogen) atoms. The minimum absolute atomic E-state index is 0.0334. The standard InChI is InChI=1S/C28H32F4N6O4/c1-27(2,3)23(36-26(41)28(30,31)32)25(40)37-12-16-13-8-14(17(29)9-13)20(16)22(37)24(39)35-18(10-33)15-11-34-38-7-5-6-19(42-4)21(15)38/h5-7,11,13-14,16-18,20,22-23H,8-9,12H2,1-4H3,(H,35,39)(H,36,41)/t13-,14+,16+,17?,18?,20-,22-,23+/m0/s1. The molecule has 8 atom stereocenters. The summed E-state index contributed by atoms with van der Waals surface area (Å²) in [5.41, 5.74) is -0.381. The number of aromatic nitrogens is 2. The number of fused-ring (bicyclic) bond motifs is 6. The van der Waals surface area contributed by atoms with Gasteiger partial charge in [-0.2, -0.15) is 23.5 Å². The maximum absolute atomic E-state index is 15.0. The molecule has 2 N–H and O–H groups in total. The lowest BCUT2D eigenvalue weighted by molar-refractivity contribution is -0.176. The highest BCUT2D eigenvalue weighted by atomic mass is 19.4. The number of carbonyl (C=O) groups is 3. The van der Waals surface area contributed by atoms with E-state index in [0.717, 1.165) is 0 Å². The first-order valence-electron chi connectivity index (χ1n) is 13.7. The second kappa shape index (κ2) is 10.4. The summed E-state index contributed by atoms with van der Waals surface area (Å²) >= 11 is 0. The van der Waals surface area contributed by atoms with Crippen LogP contribution in [0.15, 0.2) is 24.5 Å². The number of nitrogens with zero attached hydrogens (tertiary/aromatic N) is 4. The number of pyridine rings is 1. The van der Waals surface area contributed by atoms with Crippen molar-refractivity contribution in [3.05, 3.63) is 30.1 Å². The van der Waals surface area contributed by atoms with Gasteiger partial charge in [-0.05, 0) is 54.1 Å². The number of halogens is 4. The Morgan fingerprint density at radius 3 is 2.50 bits per heavy atom. The van der Waals surface area contributed by atoms with Crippen LogP contribution in [0.25, 0.3) is 5.52 Å². The van der Waals surface area contributed by atoms with E-state index in [9.17, 15) is 37.2 Å². The molecule has 2 bridgehead atoms. The Bertz CT molecular complexity index is 1450. The zero-order chi connectivity index (χ0) is 30.7. The molecule has 226 valence electrons. The third-order valence-electron chi connectivity index (χ3n) is 8.95. The third kappa shape index (κ3) is 4.92. The lowest BCUT2D eigenvalue weighted by Gasteiger charge is -2.37. The number of ether oxygens (including phenoxy) is 1. The molecule has 3 amide bonds. The van der Waals surface area contributed by atoms with Crippen LogP contribution in [0, 0.1) is 40.4 Å². The van der Waals surface area contributed by atoms with Crippen molar-refractivity contribution in [2.24, 2.45) is 29.1 Å². The minimum atomic E-state index is -5.22. The van der Waals surface area contributed by atoms with Crippen molar-refractivity contribution in [3.8, 4) is 11.8 Å². The number of nitrogens with one attached hydrogen (secondary N) is 2. The molecule has 3 heterocycles. The van der Waals surface area contributed by atoms with Crippen LogP contribution in [0.5, 0.6) is 5.75 Å². The summed E-state index contributed by atoms with van der Waals surface area (Å²) in [5.74, 6) is -4.88. The molecule has 0 radical (unpaired) electrons. The Balaban J connectivity index is 1.49. The molecule has 1 saturated heterocycles. The van der Waals surface area contributed by atoms with Gasteiger partial charge in [0.2, 0.25) is 11.8 Å². The SMILES string of the molecule is COc1cccn2ncc(C(C#N)NC(=O)[C@@H]3[C@@H]4[C@H](CN3C(=O)[C@@H](NC(=O)C(F)(F)F)C(C)(C)C)[C@@H]3CC(F)[C@H]4C3)c12. The van der Waals surface area contributed by atoms with Crippen molar-refractivity contribution in [1.82, 2.24) is 25.1 Å². The highest BCUT2D eigenvalue weighted by Gasteiger charge is 2.63. The van der Waals surface area contributed by atoms with Gasteiger partial charge in [-0.1, -0.05) is 20.8 Å². The zero-order valence-electron chi connectivity index (χ0n) is 23.5. The fourth-order valence-corrected chi connectivity index (χ4v) is 7.11. The van der Waals surface area contributed by atoms with Crippen LogP contribution in [-0.2, 0) is 14.4 Å². The molecule has 0 aromatic carbocycles. The van der Waals surface area contributed by atoms with Crippen LogP contribution >= 0.6 is 0 Å². The van der Waals surface area contributed by atoms with Gasteiger partial charge < -0.3 is 20.3 Å². The summed E-state index contributed by atoms with van der Waals surface area (Å²) in [5, 5.41) is 18.8. The molecular formula is C28H32F4N6O4. The van der Waals surface area contributed by atoms with Crippen molar-refractivity contribution in [2.75, 3.05) is 13.7 Å². The largest absolute Gasteiger partial charge is 0.494 e. The van der Waals surface area contributed by atoms with Gasteiger partial charge in [0.25, 0.3) is 0 Å². The number of likely N-dealkylation sites (tertiary alicyclic amines) is 1. The van der Waals surface area contributed by atoms with Gasteiger partial charge in [0.1, 0.15) is 35.6 Å². The topological polar surface area (TPSA) is 129 Å². The number of rotatable bonds is 6. The maximum Gasteiger partial charge on any atom is 0.471 e. The average Bonchev–Trinajstić information content (AvgIpc) is 3.68. The van der Waals surface area contributed by atoms with Crippen LogP contribution in [0.3, 0.4) is 0 Å². The van der Waals surface area contributed by atoms with Crippen molar-refractivity contribution >= 4 is 23.2 Å². The first kappa shape index (κ1) is 29.6. The number of methoxy groups -OCH3 is 1. The summed E-state index contributed by atoms with van der Waals surface area (Å²) in [6.45, 7) is 4.54. The van der Waals surface area contributed by atoms with E-state index < -0.39 is 65.4 Å². The van der Waals surface area contributed by atoms with Gasteiger partial charge in [0, 0.05) is 18.3 Å². The quantitative estimate of drug-likeness (QED) is 0.497. The van der Waals surface area contributed by atoms with Crippen molar-refractivity contribution in [1.29, 1.82) is 5.26 Å². The minimum Gasteiger partial charge on any atom is -0.494 e.